The fourth-order valence-corrected chi connectivity index (χ4v) is 1.77. The molecule has 0 radical (unpaired) electrons. The predicted octanol–water partition coefficient (Wildman–Crippen LogP) is 3.44. The summed E-state index contributed by atoms with van der Waals surface area (Å²) >= 11 is 0. The van der Waals surface area contributed by atoms with Gasteiger partial charge in [-0.05, 0) is 48.9 Å². The van der Waals surface area contributed by atoms with E-state index in [1.807, 2.05) is 37.3 Å². The maximum atomic E-state index is 9.21. The van der Waals surface area contributed by atoms with Crippen LogP contribution in [-0.4, -0.2) is 5.11 Å². The minimum absolute atomic E-state index is 0.0999. The first kappa shape index (κ1) is 12.0. The zero-order valence-electron chi connectivity index (χ0n) is 10.1. The molecule has 3 heteroatoms. The Bertz CT molecular complexity index is 570. The Hall–Kier alpha value is -2.47. The van der Waals surface area contributed by atoms with Gasteiger partial charge in [-0.1, -0.05) is 12.1 Å². The predicted molar refractivity (Wildman–Crippen MR) is 71.3 cm³/mol. The van der Waals surface area contributed by atoms with Crippen LogP contribution in [0.1, 0.15) is 24.1 Å². The second kappa shape index (κ2) is 5.24. The van der Waals surface area contributed by atoms with Gasteiger partial charge in [-0.15, -0.1) is 0 Å². The lowest BCUT2D eigenvalue weighted by Gasteiger charge is -2.15. The van der Waals surface area contributed by atoms with E-state index in [4.69, 9.17) is 5.26 Å². The number of phenols is 1. The number of nitrogens with zero attached hydrogens (tertiary/aromatic N) is 1. The molecule has 2 N–H and O–H groups in total. The second-order valence-electron chi connectivity index (χ2n) is 4.15. The van der Waals surface area contributed by atoms with Gasteiger partial charge in [0.25, 0.3) is 0 Å². The lowest BCUT2D eigenvalue weighted by molar-refractivity contribution is 0.475. The minimum atomic E-state index is 0.0999. The second-order valence-corrected chi connectivity index (χ2v) is 4.15. The van der Waals surface area contributed by atoms with Gasteiger partial charge in [0.1, 0.15) is 5.75 Å². The van der Waals surface area contributed by atoms with E-state index in [-0.39, 0.29) is 11.8 Å². The van der Waals surface area contributed by atoms with Gasteiger partial charge >= 0.3 is 0 Å². The quantitative estimate of drug-likeness (QED) is 0.805. The monoisotopic (exact) mass is 238 g/mol. The van der Waals surface area contributed by atoms with Crippen LogP contribution in [0, 0.1) is 11.3 Å². The number of anilines is 1. The Morgan fingerprint density at radius 1 is 1.17 bits per heavy atom. The van der Waals surface area contributed by atoms with E-state index in [2.05, 4.69) is 11.4 Å². The fourth-order valence-electron chi connectivity index (χ4n) is 1.77. The lowest BCUT2D eigenvalue weighted by atomic mass is 10.1. The van der Waals surface area contributed by atoms with Crippen LogP contribution >= 0.6 is 0 Å². The Kier molecular flexibility index (Phi) is 3.49. The van der Waals surface area contributed by atoms with Crippen molar-refractivity contribution in [1.82, 2.24) is 0 Å². The molecule has 1 unspecified atom stereocenters. The van der Waals surface area contributed by atoms with Crippen molar-refractivity contribution < 1.29 is 5.11 Å². The van der Waals surface area contributed by atoms with Crippen molar-refractivity contribution in [1.29, 1.82) is 5.26 Å². The highest BCUT2D eigenvalue weighted by Crippen LogP contribution is 2.21. The fraction of sp³-hybridized carbons (Fsp3) is 0.133. The number of hydrogen-bond acceptors (Lipinski definition) is 3. The lowest BCUT2D eigenvalue weighted by Crippen LogP contribution is -2.06. The van der Waals surface area contributed by atoms with Gasteiger partial charge in [0.05, 0.1) is 11.6 Å². The first-order valence-electron chi connectivity index (χ1n) is 5.74. The molecule has 2 aromatic rings. The van der Waals surface area contributed by atoms with Crippen molar-refractivity contribution in [3.63, 3.8) is 0 Å². The maximum absolute atomic E-state index is 9.21. The molecule has 3 nitrogen and oxygen atoms in total. The molecule has 0 aliphatic carbocycles. The first-order valence-corrected chi connectivity index (χ1v) is 5.74. The average Bonchev–Trinajstić information content (AvgIpc) is 2.41. The SMILES string of the molecule is CC(Nc1ccc(O)cc1)c1cccc(C#N)c1. The van der Waals surface area contributed by atoms with Crippen LogP contribution in [0.2, 0.25) is 0 Å². The van der Waals surface area contributed by atoms with Crippen LogP contribution in [0.5, 0.6) is 5.75 Å². The highest BCUT2D eigenvalue weighted by Gasteiger charge is 2.05. The Morgan fingerprint density at radius 3 is 2.56 bits per heavy atom. The summed E-state index contributed by atoms with van der Waals surface area (Å²) in [7, 11) is 0. The third-order valence-electron chi connectivity index (χ3n) is 2.77. The summed E-state index contributed by atoms with van der Waals surface area (Å²) in [5.41, 5.74) is 2.65. The number of rotatable bonds is 3. The van der Waals surface area contributed by atoms with Gasteiger partial charge in [-0.25, -0.2) is 0 Å². The molecule has 0 heterocycles. The summed E-state index contributed by atoms with van der Waals surface area (Å²) < 4.78 is 0. The molecule has 0 aliphatic rings. The van der Waals surface area contributed by atoms with Crippen molar-refractivity contribution in [3.05, 3.63) is 59.7 Å². The van der Waals surface area contributed by atoms with Gasteiger partial charge in [-0.3, -0.25) is 0 Å². The molecule has 0 amide bonds. The molecule has 90 valence electrons. The molecule has 0 aromatic heterocycles. The normalized spacial score (nSPS) is 11.6. The third kappa shape index (κ3) is 2.80. The molecule has 0 bridgehead atoms. The molecule has 1 atom stereocenters. The largest absolute Gasteiger partial charge is 0.508 e. The highest BCUT2D eigenvalue weighted by atomic mass is 16.3. The summed E-state index contributed by atoms with van der Waals surface area (Å²) in [5, 5.41) is 21.4. The van der Waals surface area contributed by atoms with Gasteiger partial charge in [0, 0.05) is 11.7 Å². The van der Waals surface area contributed by atoms with Crippen molar-refractivity contribution in [2.45, 2.75) is 13.0 Å². The zero-order valence-corrected chi connectivity index (χ0v) is 10.1. The molecule has 0 saturated heterocycles. The van der Waals surface area contributed by atoms with Crippen LogP contribution in [0.25, 0.3) is 0 Å². The van der Waals surface area contributed by atoms with Crippen molar-refractivity contribution >= 4 is 5.69 Å². The Balaban J connectivity index is 2.14. The first-order chi connectivity index (χ1) is 8.69. The number of nitriles is 1. The maximum Gasteiger partial charge on any atom is 0.115 e. The van der Waals surface area contributed by atoms with Crippen LogP contribution in [0.15, 0.2) is 48.5 Å². The highest BCUT2D eigenvalue weighted by molar-refractivity contribution is 5.48. The number of aromatic hydroxyl groups is 1. The molecule has 0 spiro atoms. The van der Waals surface area contributed by atoms with E-state index >= 15 is 0 Å². The van der Waals surface area contributed by atoms with E-state index in [9.17, 15) is 5.11 Å². The Labute approximate surface area is 106 Å². The molecule has 0 saturated carbocycles. The third-order valence-corrected chi connectivity index (χ3v) is 2.77. The zero-order chi connectivity index (χ0) is 13.0. The van der Waals surface area contributed by atoms with Crippen molar-refractivity contribution in [3.8, 4) is 11.8 Å². The van der Waals surface area contributed by atoms with E-state index in [1.165, 1.54) is 0 Å². The number of phenolic OH excluding ortho intramolecular Hbond substituents is 1. The summed E-state index contributed by atoms with van der Waals surface area (Å²) in [4.78, 5) is 0. The van der Waals surface area contributed by atoms with Gasteiger partial charge in [0.15, 0.2) is 0 Å². The van der Waals surface area contributed by atoms with E-state index in [0.717, 1.165) is 11.3 Å². The summed E-state index contributed by atoms with van der Waals surface area (Å²) in [6, 6.07) is 16.7. The van der Waals surface area contributed by atoms with Gasteiger partial charge in [-0.2, -0.15) is 5.26 Å². The smallest absolute Gasteiger partial charge is 0.115 e. The van der Waals surface area contributed by atoms with Crippen LogP contribution in [-0.2, 0) is 0 Å². The van der Waals surface area contributed by atoms with Crippen molar-refractivity contribution in [2.75, 3.05) is 5.32 Å². The van der Waals surface area contributed by atoms with Crippen molar-refractivity contribution in [2.24, 2.45) is 0 Å². The van der Waals surface area contributed by atoms with E-state index in [0.29, 0.717) is 5.56 Å². The minimum Gasteiger partial charge on any atom is -0.508 e. The molecular weight excluding hydrogens is 224 g/mol. The molecule has 0 fully saturated rings. The topological polar surface area (TPSA) is 56.0 Å². The molecular formula is C15H14N2O. The number of hydrogen-bond donors (Lipinski definition) is 2. The number of benzene rings is 2. The van der Waals surface area contributed by atoms with Crippen LogP contribution in [0.3, 0.4) is 0 Å². The Morgan fingerprint density at radius 2 is 1.89 bits per heavy atom. The molecule has 2 rings (SSSR count). The summed E-state index contributed by atoms with van der Waals surface area (Å²) in [6.45, 7) is 2.03. The van der Waals surface area contributed by atoms with Crippen LogP contribution < -0.4 is 5.32 Å². The molecule has 0 aliphatic heterocycles. The average molecular weight is 238 g/mol. The van der Waals surface area contributed by atoms with E-state index in [1.54, 1.807) is 18.2 Å². The summed E-state index contributed by atoms with van der Waals surface area (Å²) in [6.07, 6.45) is 0. The molecule has 2 aromatic carbocycles. The standard InChI is InChI=1S/C15H14N2O/c1-11(13-4-2-3-12(9-13)10-16)17-14-5-7-15(18)8-6-14/h2-9,11,17-18H,1H3. The number of nitrogens with one attached hydrogen (secondary N) is 1. The van der Waals surface area contributed by atoms with Gasteiger partial charge in [0.2, 0.25) is 0 Å². The van der Waals surface area contributed by atoms with Gasteiger partial charge < -0.3 is 10.4 Å². The van der Waals surface area contributed by atoms with E-state index < -0.39 is 0 Å². The van der Waals surface area contributed by atoms with Crippen LogP contribution in [0.4, 0.5) is 5.69 Å². The molecule has 18 heavy (non-hydrogen) atoms. The summed E-state index contributed by atoms with van der Waals surface area (Å²) in [5.74, 6) is 0.250.